The number of hydrogen-bond acceptors (Lipinski definition) is 4. The van der Waals surface area contributed by atoms with Gasteiger partial charge in [-0.3, -0.25) is 4.79 Å². The van der Waals surface area contributed by atoms with E-state index in [0.29, 0.717) is 0 Å². The minimum Gasteiger partial charge on any atom is -0.508 e. The molecule has 2 rings (SSSR count). The summed E-state index contributed by atoms with van der Waals surface area (Å²) in [4.78, 5) is 13.2. The molecule has 0 saturated heterocycles. The average Bonchev–Trinajstić information content (AvgIpc) is 2.50. The van der Waals surface area contributed by atoms with Crippen LogP contribution in [0.5, 0.6) is 5.75 Å². The number of benzene rings is 1. The zero-order chi connectivity index (χ0) is 15.3. The van der Waals surface area contributed by atoms with Crippen LogP contribution in [0, 0.1) is 11.3 Å². The quantitative estimate of drug-likeness (QED) is 0.838. The second-order valence-electron chi connectivity index (χ2n) is 5.50. The summed E-state index contributed by atoms with van der Waals surface area (Å²) in [6.45, 7) is 1.83. The first-order chi connectivity index (χ1) is 10.0. The minimum absolute atomic E-state index is 0.100. The van der Waals surface area contributed by atoms with Crippen molar-refractivity contribution in [2.24, 2.45) is 0 Å². The number of nitrogens with zero attached hydrogens (tertiary/aromatic N) is 1. The largest absolute Gasteiger partial charge is 0.508 e. The van der Waals surface area contributed by atoms with Crippen LogP contribution >= 0.6 is 11.8 Å². The molecule has 1 aromatic carbocycles. The Balaban J connectivity index is 1.95. The number of aromatic hydroxyl groups is 1. The fraction of sp³-hybridized carbons (Fsp3) is 0.500. The highest BCUT2D eigenvalue weighted by atomic mass is 32.2. The third-order valence-electron chi connectivity index (χ3n) is 3.80. The number of nitrogens with one attached hydrogen (secondary N) is 1. The van der Waals surface area contributed by atoms with Gasteiger partial charge in [0.15, 0.2) is 0 Å². The Labute approximate surface area is 129 Å². The molecule has 1 unspecified atom stereocenters. The number of carbonyl (C=O) groups is 1. The lowest BCUT2D eigenvalue weighted by atomic mass is 9.83. The summed E-state index contributed by atoms with van der Waals surface area (Å²) >= 11 is 1.43. The van der Waals surface area contributed by atoms with Crippen molar-refractivity contribution < 1.29 is 9.90 Å². The number of nitriles is 1. The molecule has 21 heavy (non-hydrogen) atoms. The molecule has 1 aliphatic rings. The molecule has 0 radical (unpaired) electrons. The van der Waals surface area contributed by atoms with Gasteiger partial charge in [-0.05, 0) is 44.0 Å². The van der Waals surface area contributed by atoms with Gasteiger partial charge in [-0.1, -0.05) is 19.3 Å². The summed E-state index contributed by atoms with van der Waals surface area (Å²) in [5, 5.41) is 21.3. The van der Waals surface area contributed by atoms with E-state index in [1.165, 1.54) is 11.8 Å². The van der Waals surface area contributed by atoms with Crippen LogP contribution in [0.3, 0.4) is 0 Å². The van der Waals surface area contributed by atoms with Crippen molar-refractivity contribution in [3.63, 3.8) is 0 Å². The number of hydrogen-bond donors (Lipinski definition) is 2. The Bertz CT molecular complexity index is 530. The molecule has 0 aromatic heterocycles. The summed E-state index contributed by atoms with van der Waals surface area (Å²) in [7, 11) is 0. The van der Waals surface area contributed by atoms with Crippen LogP contribution in [0.15, 0.2) is 29.2 Å². The predicted octanol–water partition coefficient (Wildman–Crippen LogP) is 3.22. The van der Waals surface area contributed by atoms with Crippen molar-refractivity contribution in [1.82, 2.24) is 5.32 Å². The van der Waals surface area contributed by atoms with E-state index in [-0.39, 0.29) is 16.9 Å². The lowest BCUT2D eigenvalue weighted by Gasteiger charge is -2.32. The van der Waals surface area contributed by atoms with Gasteiger partial charge in [0.1, 0.15) is 11.3 Å². The second kappa shape index (κ2) is 6.86. The summed E-state index contributed by atoms with van der Waals surface area (Å²) in [5.74, 6) is 0.110. The van der Waals surface area contributed by atoms with Crippen LogP contribution in [-0.4, -0.2) is 21.8 Å². The van der Waals surface area contributed by atoms with E-state index < -0.39 is 5.54 Å². The lowest BCUT2D eigenvalue weighted by molar-refractivity contribution is -0.121. The Morgan fingerprint density at radius 3 is 2.52 bits per heavy atom. The Kier molecular flexibility index (Phi) is 5.13. The summed E-state index contributed by atoms with van der Waals surface area (Å²) in [6, 6.07) is 9.07. The van der Waals surface area contributed by atoms with Crippen molar-refractivity contribution in [1.29, 1.82) is 5.26 Å². The van der Waals surface area contributed by atoms with E-state index >= 15 is 0 Å². The first kappa shape index (κ1) is 15.7. The molecule has 0 heterocycles. The number of amides is 1. The van der Waals surface area contributed by atoms with Gasteiger partial charge in [-0.2, -0.15) is 5.26 Å². The Morgan fingerprint density at radius 2 is 1.95 bits per heavy atom. The highest BCUT2D eigenvalue weighted by Gasteiger charge is 2.34. The van der Waals surface area contributed by atoms with Crippen LogP contribution in [0.2, 0.25) is 0 Å². The standard InChI is InChI=1S/C16H20N2O2S/c1-12(21-14-7-5-13(19)6-8-14)15(20)18-16(11-17)9-3-2-4-10-16/h5-8,12,19H,2-4,9-10H2,1H3,(H,18,20). The molecule has 112 valence electrons. The van der Waals surface area contributed by atoms with Crippen LogP contribution < -0.4 is 5.32 Å². The van der Waals surface area contributed by atoms with Gasteiger partial charge < -0.3 is 10.4 Å². The maximum Gasteiger partial charge on any atom is 0.234 e. The first-order valence-electron chi connectivity index (χ1n) is 7.24. The third kappa shape index (κ3) is 4.15. The average molecular weight is 304 g/mol. The summed E-state index contributed by atoms with van der Waals surface area (Å²) < 4.78 is 0. The Morgan fingerprint density at radius 1 is 1.33 bits per heavy atom. The van der Waals surface area contributed by atoms with Gasteiger partial charge in [-0.25, -0.2) is 0 Å². The fourth-order valence-corrected chi connectivity index (χ4v) is 3.41. The molecule has 0 aliphatic heterocycles. The van der Waals surface area contributed by atoms with Gasteiger partial charge in [0.25, 0.3) is 0 Å². The molecular formula is C16H20N2O2S. The normalized spacial score (nSPS) is 18.5. The maximum absolute atomic E-state index is 12.3. The van der Waals surface area contributed by atoms with Crippen LogP contribution in [0.4, 0.5) is 0 Å². The molecule has 1 saturated carbocycles. The number of rotatable bonds is 4. The van der Waals surface area contributed by atoms with Crippen molar-refractivity contribution >= 4 is 17.7 Å². The topological polar surface area (TPSA) is 73.1 Å². The minimum atomic E-state index is -0.681. The third-order valence-corrected chi connectivity index (χ3v) is 4.91. The molecule has 1 aliphatic carbocycles. The highest BCUT2D eigenvalue weighted by Crippen LogP contribution is 2.29. The number of phenolic OH excluding ortho intramolecular Hbond substituents is 1. The van der Waals surface area contributed by atoms with E-state index in [4.69, 9.17) is 0 Å². The van der Waals surface area contributed by atoms with Crippen molar-refractivity contribution in [3.05, 3.63) is 24.3 Å². The van der Waals surface area contributed by atoms with Gasteiger partial charge in [-0.15, -0.1) is 11.8 Å². The fourth-order valence-electron chi connectivity index (χ4n) is 2.54. The molecule has 0 bridgehead atoms. The van der Waals surface area contributed by atoms with E-state index in [1.807, 2.05) is 6.92 Å². The van der Waals surface area contributed by atoms with Gasteiger partial charge >= 0.3 is 0 Å². The molecule has 4 nitrogen and oxygen atoms in total. The van der Waals surface area contributed by atoms with E-state index in [2.05, 4.69) is 11.4 Å². The number of thioether (sulfide) groups is 1. The highest BCUT2D eigenvalue weighted by molar-refractivity contribution is 8.00. The molecule has 1 amide bonds. The van der Waals surface area contributed by atoms with Crippen LogP contribution in [-0.2, 0) is 4.79 Å². The summed E-state index contributed by atoms with van der Waals surface area (Å²) in [5.41, 5.74) is -0.681. The van der Waals surface area contributed by atoms with Crippen molar-refractivity contribution in [3.8, 4) is 11.8 Å². The monoisotopic (exact) mass is 304 g/mol. The van der Waals surface area contributed by atoms with Crippen LogP contribution in [0.25, 0.3) is 0 Å². The van der Waals surface area contributed by atoms with Gasteiger partial charge in [0, 0.05) is 4.90 Å². The summed E-state index contributed by atoms with van der Waals surface area (Å²) in [6.07, 6.45) is 4.61. The molecule has 5 heteroatoms. The van der Waals surface area contributed by atoms with Gasteiger partial charge in [0.2, 0.25) is 5.91 Å². The number of phenols is 1. The lowest BCUT2D eigenvalue weighted by Crippen LogP contribution is -2.50. The van der Waals surface area contributed by atoms with Crippen molar-refractivity contribution in [2.45, 2.75) is 54.7 Å². The molecule has 1 aromatic rings. The van der Waals surface area contributed by atoms with E-state index in [9.17, 15) is 15.2 Å². The molecule has 2 N–H and O–H groups in total. The SMILES string of the molecule is CC(Sc1ccc(O)cc1)C(=O)NC1(C#N)CCCCC1. The molecule has 1 fully saturated rings. The zero-order valence-electron chi connectivity index (χ0n) is 12.1. The van der Waals surface area contributed by atoms with Crippen LogP contribution in [0.1, 0.15) is 39.0 Å². The smallest absolute Gasteiger partial charge is 0.234 e. The zero-order valence-corrected chi connectivity index (χ0v) is 12.9. The predicted molar refractivity (Wildman–Crippen MR) is 83.0 cm³/mol. The maximum atomic E-state index is 12.3. The van der Waals surface area contributed by atoms with E-state index in [0.717, 1.165) is 37.0 Å². The molecular weight excluding hydrogens is 284 g/mol. The molecule has 1 atom stereocenters. The Hall–Kier alpha value is -1.67. The second-order valence-corrected chi connectivity index (χ2v) is 6.91. The molecule has 0 spiro atoms. The van der Waals surface area contributed by atoms with Gasteiger partial charge in [0.05, 0.1) is 11.3 Å². The van der Waals surface area contributed by atoms with E-state index in [1.54, 1.807) is 24.3 Å². The first-order valence-corrected chi connectivity index (χ1v) is 8.12. The van der Waals surface area contributed by atoms with Crippen molar-refractivity contribution in [2.75, 3.05) is 0 Å². The number of carbonyl (C=O) groups excluding carboxylic acids is 1.